The highest BCUT2D eigenvalue weighted by molar-refractivity contribution is 5.12. The normalized spacial score (nSPS) is 23.4. The van der Waals surface area contributed by atoms with E-state index in [4.69, 9.17) is 4.74 Å². The highest BCUT2D eigenvalue weighted by Crippen LogP contribution is 2.33. The van der Waals surface area contributed by atoms with E-state index in [1.807, 2.05) is 0 Å². The summed E-state index contributed by atoms with van der Waals surface area (Å²) in [4.78, 5) is 2.98. The van der Waals surface area contributed by atoms with Crippen LogP contribution in [0.2, 0.25) is 0 Å². The van der Waals surface area contributed by atoms with Gasteiger partial charge in [-0.2, -0.15) is 17.6 Å². The molecule has 0 aromatic heterocycles. The largest absolute Gasteiger partial charge is 0.446 e. The lowest BCUT2D eigenvalue weighted by Gasteiger charge is -2.40. The van der Waals surface area contributed by atoms with Gasteiger partial charge in [0.15, 0.2) is 0 Å². The fraction of sp³-hybridized carbons (Fsp3) is 0.833. The SMILES string of the molecule is F/C(=C(\N1CCCCC1)N1CCOCC1)C(F)(F)F. The van der Waals surface area contributed by atoms with E-state index >= 15 is 0 Å². The zero-order valence-corrected chi connectivity index (χ0v) is 10.7. The third-order valence-electron chi connectivity index (χ3n) is 3.41. The molecule has 2 rings (SSSR count). The van der Waals surface area contributed by atoms with E-state index in [-0.39, 0.29) is 5.82 Å². The molecular weight excluding hydrogens is 264 g/mol. The van der Waals surface area contributed by atoms with Gasteiger partial charge in [0, 0.05) is 26.2 Å². The van der Waals surface area contributed by atoms with Crippen LogP contribution >= 0.6 is 0 Å². The summed E-state index contributed by atoms with van der Waals surface area (Å²) < 4.78 is 57.0. The Morgan fingerprint density at radius 1 is 0.842 bits per heavy atom. The van der Waals surface area contributed by atoms with Gasteiger partial charge in [-0.3, -0.25) is 0 Å². The molecule has 0 aromatic rings. The Balaban J connectivity index is 2.26. The molecule has 2 aliphatic rings. The molecule has 0 radical (unpaired) electrons. The summed E-state index contributed by atoms with van der Waals surface area (Å²) in [5, 5.41) is 0. The number of morpholine rings is 1. The van der Waals surface area contributed by atoms with Crippen molar-refractivity contribution in [3.63, 3.8) is 0 Å². The Morgan fingerprint density at radius 2 is 1.37 bits per heavy atom. The van der Waals surface area contributed by atoms with Crippen LogP contribution in [0.3, 0.4) is 0 Å². The summed E-state index contributed by atoms with van der Waals surface area (Å²) in [5.74, 6) is -2.27. The number of piperidine rings is 1. The van der Waals surface area contributed by atoms with Gasteiger partial charge in [0.25, 0.3) is 0 Å². The predicted molar refractivity (Wildman–Crippen MR) is 62.0 cm³/mol. The molecule has 0 spiro atoms. The van der Waals surface area contributed by atoms with Crippen molar-refractivity contribution in [3.05, 3.63) is 11.6 Å². The van der Waals surface area contributed by atoms with Gasteiger partial charge >= 0.3 is 6.18 Å². The lowest BCUT2D eigenvalue weighted by Crippen LogP contribution is -2.45. The summed E-state index contributed by atoms with van der Waals surface area (Å²) >= 11 is 0. The number of rotatable bonds is 2. The number of allylic oxidation sites excluding steroid dienone is 1. The van der Waals surface area contributed by atoms with Gasteiger partial charge in [-0.05, 0) is 19.3 Å². The minimum absolute atomic E-state index is 0.296. The molecule has 3 nitrogen and oxygen atoms in total. The Morgan fingerprint density at radius 3 is 1.89 bits per heavy atom. The molecule has 2 aliphatic heterocycles. The number of nitrogens with zero attached hydrogens (tertiary/aromatic N) is 2. The average molecular weight is 282 g/mol. The number of alkyl halides is 3. The van der Waals surface area contributed by atoms with E-state index in [0.29, 0.717) is 39.4 Å². The van der Waals surface area contributed by atoms with Crippen LogP contribution in [0.25, 0.3) is 0 Å². The summed E-state index contributed by atoms with van der Waals surface area (Å²) in [6.45, 7) is 2.24. The lowest BCUT2D eigenvalue weighted by atomic mass is 10.1. The third kappa shape index (κ3) is 3.52. The summed E-state index contributed by atoms with van der Waals surface area (Å²) in [7, 11) is 0. The molecule has 7 heteroatoms. The third-order valence-corrected chi connectivity index (χ3v) is 3.41. The van der Waals surface area contributed by atoms with Crippen molar-refractivity contribution in [2.75, 3.05) is 39.4 Å². The average Bonchev–Trinajstić information content (AvgIpc) is 2.40. The smallest absolute Gasteiger partial charge is 0.378 e. The molecule has 0 bridgehead atoms. The maximum Gasteiger partial charge on any atom is 0.446 e. The lowest BCUT2D eigenvalue weighted by molar-refractivity contribution is -0.115. The van der Waals surface area contributed by atoms with E-state index in [0.717, 1.165) is 19.3 Å². The van der Waals surface area contributed by atoms with Crippen LogP contribution in [0.4, 0.5) is 17.6 Å². The Hall–Kier alpha value is -0.980. The Kier molecular flexibility index (Phi) is 4.54. The maximum atomic E-state index is 13.8. The standard InChI is InChI=1S/C12H18F4N2O/c13-10(12(14,15)16)11(17-4-2-1-3-5-17)18-6-8-19-9-7-18/h1-9H2/b11-10+. The predicted octanol–water partition coefficient (Wildman–Crippen LogP) is 2.51. The van der Waals surface area contributed by atoms with E-state index in [1.165, 1.54) is 9.80 Å². The molecule has 2 heterocycles. The first-order valence-electron chi connectivity index (χ1n) is 6.55. The molecule has 0 unspecified atom stereocenters. The topological polar surface area (TPSA) is 15.7 Å². The molecular formula is C12H18F4N2O. The second-order valence-electron chi connectivity index (χ2n) is 4.78. The zero-order valence-electron chi connectivity index (χ0n) is 10.7. The van der Waals surface area contributed by atoms with Gasteiger partial charge in [-0.1, -0.05) is 0 Å². The first-order valence-corrected chi connectivity index (χ1v) is 6.55. The van der Waals surface area contributed by atoms with E-state index < -0.39 is 12.0 Å². The fourth-order valence-electron chi connectivity index (χ4n) is 2.49. The van der Waals surface area contributed by atoms with Crippen molar-refractivity contribution in [1.29, 1.82) is 0 Å². The van der Waals surface area contributed by atoms with Gasteiger partial charge < -0.3 is 14.5 Å². The van der Waals surface area contributed by atoms with Crippen molar-refractivity contribution in [3.8, 4) is 0 Å². The van der Waals surface area contributed by atoms with Crippen LogP contribution in [-0.4, -0.2) is 55.4 Å². The fourth-order valence-corrected chi connectivity index (χ4v) is 2.49. The van der Waals surface area contributed by atoms with E-state index in [2.05, 4.69) is 0 Å². The van der Waals surface area contributed by atoms with Crippen molar-refractivity contribution in [2.24, 2.45) is 0 Å². The number of likely N-dealkylation sites (tertiary alicyclic amines) is 1. The number of halogens is 4. The number of ether oxygens (including phenoxy) is 1. The van der Waals surface area contributed by atoms with E-state index in [1.54, 1.807) is 0 Å². The van der Waals surface area contributed by atoms with Gasteiger partial charge in [0.05, 0.1) is 13.2 Å². The van der Waals surface area contributed by atoms with Crippen LogP contribution in [-0.2, 0) is 4.74 Å². The molecule has 19 heavy (non-hydrogen) atoms. The van der Waals surface area contributed by atoms with Gasteiger partial charge in [-0.25, -0.2) is 0 Å². The summed E-state index contributed by atoms with van der Waals surface area (Å²) in [6.07, 6.45) is -2.33. The molecule has 2 saturated heterocycles. The highest BCUT2D eigenvalue weighted by Gasteiger charge is 2.41. The van der Waals surface area contributed by atoms with Gasteiger partial charge in [0.2, 0.25) is 5.83 Å². The second kappa shape index (κ2) is 5.98. The summed E-state index contributed by atoms with van der Waals surface area (Å²) in [5.41, 5.74) is 0. The van der Waals surface area contributed by atoms with Crippen LogP contribution in [0, 0.1) is 0 Å². The summed E-state index contributed by atoms with van der Waals surface area (Å²) in [6, 6.07) is 0. The van der Waals surface area contributed by atoms with Crippen LogP contribution in [0.5, 0.6) is 0 Å². The monoisotopic (exact) mass is 282 g/mol. The Bertz CT molecular complexity index is 311. The quantitative estimate of drug-likeness (QED) is 0.724. The molecule has 0 atom stereocenters. The van der Waals surface area contributed by atoms with Crippen molar-refractivity contribution in [2.45, 2.75) is 25.4 Å². The minimum Gasteiger partial charge on any atom is -0.378 e. The maximum absolute atomic E-state index is 13.8. The minimum atomic E-state index is -4.93. The van der Waals surface area contributed by atoms with Gasteiger partial charge in [-0.15, -0.1) is 0 Å². The highest BCUT2D eigenvalue weighted by atomic mass is 19.4. The molecule has 0 aromatic carbocycles. The first kappa shape index (κ1) is 14.4. The first-order chi connectivity index (χ1) is 9.00. The van der Waals surface area contributed by atoms with Crippen molar-refractivity contribution in [1.82, 2.24) is 9.80 Å². The van der Waals surface area contributed by atoms with Crippen LogP contribution < -0.4 is 0 Å². The molecule has 0 amide bonds. The van der Waals surface area contributed by atoms with Gasteiger partial charge in [0.1, 0.15) is 5.82 Å². The van der Waals surface area contributed by atoms with E-state index in [9.17, 15) is 17.6 Å². The van der Waals surface area contributed by atoms with Crippen LogP contribution in [0.1, 0.15) is 19.3 Å². The molecule has 0 saturated carbocycles. The number of hydrogen-bond donors (Lipinski definition) is 0. The Labute approximate surface area is 109 Å². The van der Waals surface area contributed by atoms with Crippen molar-refractivity contribution < 1.29 is 22.3 Å². The molecule has 110 valence electrons. The zero-order chi connectivity index (χ0) is 13.9. The van der Waals surface area contributed by atoms with Crippen molar-refractivity contribution >= 4 is 0 Å². The number of hydrogen-bond acceptors (Lipinski definition) is 3. The molecule has 0 aliphatic carbocycles. The second-order valence-corrected chi connectivity index (χ2v) is 4.78. The molecule has 2 fully saturated rings. The van der Waals surface area contributed by atoms with Crippen LogP contribution in [0.15, 0.2) is 11.6 Å². The molecule has 0 N–H and O–H groups in total.